The molecule has 0 unspecified atom stereocenters. The van der Waals surface area contributed by atoms with Gasteiger partial charge in [-0.25, -0.2) is 4.79 Å². The predicted molar refractivity (Wildman–Crippen MR) is 75.5 cm³/mol. The van der Waals surface area contributed by atoms with Gasteiger partial charge in [-0.05, 0) is 23.6 Å². The quantitative estimate of drug-likeness (QED) is 0.871. The zero-order chi connectivity index (χ0) is 14.7. The van der Waals surface area contributed by atoms with Gasteiger partial charge in [-0.15, -0.1) is 0 Å². The van der Waals surface area contributed by atoms with Crippen molar-refractivity contribution in [1.82, 2.24) is 9.78 Å². The third-order valence-corrected chi connectivity index (χ3v) is 2.92. The van der Waals surface area contributed by atoms with Crippen LogP contribution >= 0.6 is 0 Å². The molecule has 20 heavy (non-hydrogen) atoms. The second kappa shape index (κ2) is 5.77. The second-order valence-corrected chi connectivity index (χ2v) is 5.07. The average Bonchev–Trinajstić information content (AvgIpc) is 2.85. The number of phenolic OH excluding ortho intramolecular Hbond substituents is 1. The lowest BCUT2D eigenvalue weighted by Gasteiger charge is -2.05. The van der Waals surface area contributed by atoms with Gasteiger partial charge in [0.15, 0.2) is 0 Å². The summed E-state index contributed by atoms with van der Waals surface area (Å²) >= 11 is 0. The van der Waals surface area contributed by atoms with Crippen LogP contribution < -0.4 is 0 Å². The summed E-state index contributed by atoms with van der Waals surface area (Å²) in [7, 11) is 1.28. The summed E-state index contributed by atoms with van der Waals surface area (Å²) in [6.45, 7) is 5.09. The number of nitrogens with zero attached hydrogens (tertiary/aromatic N) is 2. The Balaban J connectivity index is 2.27. The molecule has 2 aromatic rings. The lowest BCUT2D eigenvalue weighted by Crippen LogP contribution is -2.04. The highest BCUT2D eigenvalue weighted by Crippen LogP contribution is 2.26. The first kappa shape index (κ1) is 14.1. The van der Waals surface area contributed by atoms with E-state index < -0.39 is 5.97 Å². The van der Waals surface area contributed by atoms with Gasteiger partial charge in [0.25, 0.3) is 0 Å². The number of aromatic hydroxyl groups is 1. The van der Waals surface area contributed by atoms with Crippen molar-refractivity contribution in [3.8, 4) is 16.9 Å². The molecule has 2 rings (SSSR count). The molecule has 1 heterocycles. The van der Waals surface area contributed by atoms with Crippen molar-refractivity contribution in [2.24, 2.45) is 5.92 Å². The summed E-state index contributed by atoms with van der Waals surface area (Å²) in [6.07, 6.45) is 3.67. The number of hydrogen-bond acceptors (Lipinski definition) is 4. The van der Waals surface area contributed by atoms with Gasteiger partial charge in [0.05, 0.1) is 13.3 Å². The molecule has 5 nitrogen and oxygen atoms in total. The van der Waals surface area contributed by atoms with Crippen molar-refractivity contribution >= 4 is 5.97 Å². The van der Waals surface area contributed by atoms with Crippen molar-refractivity contribution in [3.05, 3.63) is 36.2 Å². The predicted octanol–water partition coefficient (Wildman–Crippen LogP) is 2.70. The number of carbonyl (C=O) groups excluding carboxylic acids is 1. The van der Waals surface area contributed by atoms with Crippen LogP contribution in [0.1, 0.15) is 24.2 Å². The van der Waals surface area contributed by atoms with E-state index >= 15 is 0 Å². The first-order valence-corrected chi connectivity index (χ1v) is 6.45. The molecule has 0 bridgehead atoms. The normalized spacial score (nSPS) is 10.8. The largest absolute Gasteiger partial charge is 0.507 e. The number of methoxy groups -OCH3 is 1. The number of benzene rings is 1. The van der Waals surface area contributed by atoms with Gasteiger partial charge in [0.1, 0.15) is 11.3 Å². The molecule has 106 valence electrons. The Morgan fingerprint density at radius 3 is 2.75 bits per heavy atom. The summed E-state index contributed by atoms with van der Waals surface area (Å²) in [6, 6.07) is 4.86. The minimum atomic E-state index is -0.551. The standard InChI is InChI=1S/C15H18N2O3/c1-10(2)8-17-9-12(7-16-17)11-4-5-13(14(18)6-11)15(19)20-3/h4-7,9-10,18H,8H2,1-3H3. The van der Waals surface area contributed by atoms with E-state index in [1.54, 1.807) is 24.4 Å². The second-order valence-electron chi connectivity index (χ2n) is 5.07. The van der Waals surface area contributed by atoms with E-state index in [9.17, 15) is 9.90 Å². The maximum atomic E-state index is 11.4. The molecule has 0 radical (unpaired) electrons. The smallest absolute Gasteiger partial charge is 0.341 e. The van der Waals surface area contributed by atoms with Crippen molar-refractivity contribution in [2.75, 3.05) is 7.11 Å². The van der Waals surface area contributed by atoms with Gasteiger partial charge in [0, 0.05) is 18.3 Å². The van der Waals surface area contributed by atoms with Crippen LogP contribution in [0.3, 0.4) is 0 Å². The van der Waals surface area contributed by atoms with Crippen LogP contribution in [-0.4, -0.2) is 28.0 Å². The van der Waals surface area contributed by atoms with Gasteiger partial charge in [-0.1, -0.05) is 19.9 Å². The topological polar surface area (TPSA) is 64.3 Å². The molecule has 1 N–H and O–H groups in total. The fraction of sp³-hybridized carbons (Fsp3) is 0.333. The molecule has 0 amide bonds. The Bertz CT molecular complexity index is 617. The lowest BCUT2D eigenvalue weighted by molar-refractivity contribution is 0.0597. The number of rotatable bonds is 4. The number of ether oxygens (including phenoxy) is 1. The first-order chi connectivity index (χ1) is 9.51. The summed E-state index contributed by atoms with van der Waals surface area (Å²) in [5, 5.41) is 14.2. The number of aromatic nitrogens is 2. The van der Waals surface area contributed by atoms with Gasteiger partial charge in [-0.2, -0.15) is 5.10 Å². The molecule has 0 aliphatic rings. The van der Waals surface area contributed by atoms with Crippen LogP contribution in [0.25, 0.3) is 11.1 Å². The molecule has 0 saturated carbocycles. The van der Waals surface area contributed by atoms with E-state index in [1.165, 1.54) is 7.11 Å². The summed E-state index contributed by atoms with van der Waals surface area (Å²) in [5.74, 6) is -0.131. The van der Waals surface area contributed by atoms with E-state index in [-0.39, 0.29) is 11.3 Å². The van der Waals surface area contributed by atoms with Crippen molar-refractivity contribution in [2.45, 2.75) is 20.4 Å². The van der Waals surface area contributed by atoms with Gasteiger partial charge in [-0.3, -0.25) is 4.68 Å². The van der Waals surface area contributed by atoms with Crippen LogP contribution in [-0.2, 0) is 11.3 Å². The fourth-order valence-electron chi connectivity index (χ4n) is 1.98. The highest BCUT2D eigenvalue weighted by molar-refractivity contribution is 5.93. The van der Waals surface area contributed by atoms with E-state index in [4.69, 9.17) is 0 Å². The first-order valence-electron chi connectivity index (χ1n) is 6.45. The van der Waals surface area contributed by atoms with E-state index in [1.807, 2.05) is 10.9 Å². The Labute approximate surface area is 117 Å². The lowest BCUT2D eigenvalue weighted by atomic mass is 10.1. The molecule has 0 atom stereocenters. The molecule has 1 aromatic heterocycles. The Kier molecular flexibility index (Phi) is 4.08. The zero-order valence-corrected chi connectivity index (χ0v) is 11.8. The van der Waals surface area contributed by atoms with Gasteiger partial charge < -0.3 is 9.84 Å². The van der Waals surface area contributed by atoms with Crippen LogP contribution in [0.2, 0.25) is 0 Å². The molecule has 0 aliphatic heterocycles. The van der Waals surface area contributed by atoms with E-state index in [2.05, 4.69) is 23.7 Å². The maximum Gasteiger partial charge on any atom is 0.341 e. The summed E-state index contributed by atoms with van der Waals surface area (Å²) in [4.78, 5) is 11.4. The summed E-state index contributed by atoms with van der Waals surface area (Å²) < 4.78 is 6.46. The molecule has 0 spiro atoms. The van der Waals surface area contributed by atoms with Crippen LogP contribution in [0.5, 0.6) is 5.75 Å². The van der Waals surface area contributed by atoms with E-state index in [0.29, 0.717) is 5.92 Å². The average molecular weight is 274 g/mol. The van der Waals surface area contributed by atoms with E-state index in [0.717, 1.165) is 17.7 Å². The van der Waals surface area contributed by atoms with Crippen molar-refractivity contribution < 1.29 is 14.6 Å². The van der Waals surface area contributed by atoms with Crippen LogP contribution in [0.4, 0.5) is 0 Å². The zero-order valence-electron chi connectivity index (χ0n) is 11.8. The molecule has 0 aliphatic carbocycles. The van der Waals surface area contributed by atoms with Crippen molar-refractivity contribution in [1.29, 1.82) is 0 Å². The molecular weight excluding hydrogens is 256 g/mol. The minimum Gasteiger partial charge on any atom is -0.507 e. The van der Waals surface area contributed by atoms with Crippen LogP contribution in [0.15, 0.2) is 30.6 Å². The minimum absolute atomic E-state index is 0.0917. The third kappa shape index (κ3) is 2.99. The number of esters is 1. The Morgan fingerprint density at radius 2 is 2.15 bits per heavy atom. The maximum absolute atomic E-state index is 11.4. The molecule has 0 saturated heterocycles. The molecule has 0 fully saturated rings. The third-order valence-electron chi connectivity index (χ3n) is 2.92. The number of hydrogen-bond donors (Lipinski definition) is 1. The Morgan fingerprint density at radius 1 is 1.40 bits per heavy atom. The Hall–Kier alpha value is -2.30. The summed E-state index contributed by atoms with van der Waals surface area (Å²) in [5.41, 5.74) is 1.87. The highest BCUT2D eigenvalue weighted by atomic mass is 16.5. The van der Waals surface area contributed by atoms with Crippen molar-refractivity contribution in [3.63, 3.8) is 0 Å². The molecule has 1 aromatic carbocycles. The number of phenols is 1. The van der Waals surface area contributed by atoms with Crippen LogP contribution in [0, 0.1) is 5.92 Å². The molecular formula is C15H18N2O3. The highest BCUT2D eigenvalue weighted by Gasteiger charge is 2.13. The fourth-order valence-corrected chi connectivity index (χ4v) is 1.98. The van der Waals surface area contributed by atoms with Gasteiger partial charge >= 0.3 is 5.97 Å². The van der Waals surface area contributed by atoms with Gasteiger partial charge in [0.2, 0.25) is 0 Å². The number of carbonyl (C=O) groups is 1. The SMILES string of the molecule is COC(=O)c1ccc(-c2cnn(CC(C)C)c2)cc1O. The monoisotopic (exact) mass is 274 g/mol. The molecule has 5 heteroatoms.